The van der Waals surface area contributed by atoms with Crippen LogP contribution >= 0.6 is 0 Å². The van der Waals surface area contributed by atoms with Crippen molar-refractivity contribution in [3.63, 3.8) is 0 Å². The van der Waals surface area contributed by atoms with Crippen molar-refractivity contribution in [2.45, 2.75) is 26.2 Å². The Kier molecular flexibility index (Phi) is 6.33. The Bertz CT molecular complexity index is 216. The first-order valence-corrected chi connectivity index (χ1v) is 4.51. The van der Waals surface area contributed by atoms with Crippen molar-refractivity contribution in [1.82, 2.24) is 0 Å². The van der Waals surface area contributed by atoms with Gasteiger partial charge in [0.2, 0.25) is 0 Å². The van der Waals surface area contributed by atoms with Crippen LogP contribution in [0.3, 0.4) is 0 Å². The van der Waals surface area contributed by atoms with Crippen LogP contribution in [0.15, 0.2) is 24.3 Å². The Balaban J connectivity index is 0.00000144. The smallest absolute Gasteiger partial charge is 0.343 e. The fourth-order valence-corrected chi connectivity index (χ4v) is 1.49. The summed E-state index contributed by atoms with van der Waals surface area (Å²) in [7, 11) is 0. The summed E-state index contributed by atoms with van der Waals surface area (Å²) < 4.78 is 0. The molecule has 70 valence electrons. The molecule has 1 rings (SSSR count). The van der Waals surface area contributed by atoms with Crippen LogP contribution in [0.25, 0.3) is 0 Å². The summed E-state index contributed by atoms with van der Waals surface area (Å²) in [4.78, 5) is 0. The third kappa shape index (κ3) is 3.65. The monoisotopic (exact) mass is 344 g/mol. The summed E-state index contributed by atoms with van der Waals surface area (Å²) in [5, 5.41) is 0. The van der Waals surface area contributed by atoms with Crippen LogP contribution in [0.1, 0.15) is 31.7 Å². The maximum Gasteiger partial charge on any atom is 2.00 e. The molecular weight excluding hydrogens is 328 g/mol. The molecule has 0 aromatic heterocycles. The molecule has 0 fully saturated rings. The van der Waals surface area contributed by atoms with Gasteiger partial charge in [-0.2, -0.15) is 42.3 Å². The fraction of sp³-hybridized carbons (Fsp3) is 0.417. The zero-order valence-corrected chi connectivity index (χ0v) is 11.2. The van der Waals surface area contributed by atoms with Crippen molar-refractivity contribution in [2.75, 3.05) is 0 Å². The van der Waals surface area contributed by atoms with Crippen molar-refractivity contribution in [2.24, 2.45) is 5.92 Å². The van der Waals surface area contributed by atoms with Gasteiger partial charge < -0.3 is 6.92 Å². The first-order valence-electron chi connectivity index (χ1n) is 4.51. The van der Waals surface area contributed by atoms with Crippen molar-refractivity contribution >= 4 is 0 Å². The number of hydrogen-bond acceptors (Lipinski definition) is 0. The average Bonchev–Trinajstić information content (AvgIpc) is 2.07. The zero-order valence-electron chi connectivity index (χ0n) is 8.29. The van der Waals surface area contributed by atoms with E-state index in [1.54, 1.807) is 0 Å². The molecule has 0 radical (unpaired) electrons. The summed E-state index contributed by atoms with van der Waals surface area (Å²) >= 11 is 0. The SMILES string of the molecule is [CH2-]CC(c1[c-]cccc1)C(C)C.[W+2]. The maximum absolute atomic E-state index is 3.96. The Hall–Kier alpha value is -0.0917. The molecule has 0 nitrogen and oxygen atoms in total. The topological polar surface area (TPSA) is 0 Å². The molecular formula is C12H16W. The molecule has 1 heteroatoms. The summed E-state index contributed by atoms with van der Waals surface area (Å²) in [5.74, 6) is 1.22. The molecule has 0 aliphatic carbocycles. The standard InChI is InChI=1S/C12H16.W/c1-4-12(10(2)3)11-8-6-5-7-9-11;/h5-8,10,12H,1,4H2,2-3H3;/q-2;+2. The zero-order chi connectivity index (χ0) is 8.97. The van der Waals surface area contributed by atoms with Crippen LogP contribution in [-0.2, 0) is 21.1 Å². The molecule has 1 atom stereocenters. The predicted molar refractivity (Wildman–Crippen MR) is 52.8 cm³/mol. The third-order valence-electron chi connectivity index (χ3n) is 2.25. The molecule has 1 unspecified atom stereocenters. The molecule has 1 aromatic carbocycles. The molecule has 0 N–H and O–H groups in total. The van der Waals surface area contributed by atoms with Crippen molar-refractivity contribution in [3.05, 3.63) is 42.8 Å². The van der Waals surface area contributed by atoms with Crippen LogP contribution in [0.4, 0.5) is 0 Å². The number of hydrogen-bond donors (Lipinski definition) is 0. The van der Waals surface area contributed by atoms with Gasteiger partial charge in [-0.05, 0) is 5.92 Å². The van der Waals surface area contributed by atoms with Gasteiger partial charge in [0.1, 0.15) is 0 Å². The van der Waals surface area contributed by atoms with Gasteiger partial charge in [-0.25, -0.2) is 0 Å². The van der Waals surface area contributed by atoms with Gasteiger partial charge >= 0.3 is 21.1 Å². The van der Waals surface area contributed by atoms with Gasteiger partial charge in [-0.3, -0.25) is 0 Å². The van der Waals surface area contributed by atoms with E-state index in [-0.39, 0.29) is 21.1 Å². The van der Waals surface area contributed by atoms with E-state index < -0.39 is 0 Å². The van der Waals surface area contributed by atoms with Gasteiger partial charge in [0, 0.05) is 0 Å². The normalized spacial score (nSPS) is 12.3. The van der Waals surface area contributed by atoms with Gasteiger partial charge in [-0.15, -0.1) is 0 Å². The van der Waals surface area contributed by atoms with E-state index in [9.17, 15) is 0 Å². The summed E-state index contributed by atoms with van der Waals surface area (Å²) in [6, 6.07) is 11.4. The van der Waals surface area contributed by atoms with Crippen LogP contribution < -0.4 is 0 Å². The molecule has 0 heterocycles. The van der Waals surface area contributed by atoms with E-state index in [2.05, 4.69) is 39.0 Å². The largest absolute Gasteiger partial charge is 2.00 e. The molecule has 0 aliphatic heterocycles. The number of rotatable bonds is 3. The fourth-order valence-electron chi connectivity index (χ4n) is 1.49. The second kappa shape index (κ2) is 6.38. The maximum atomic E-state index is 3.96. The molecule has 0 spiro atoms. The second-order valence-corrected chi connectivity index (χ2v) is 3.46. The molecule has 0 bridgehead atoms. The summed E-state index contributed by atoms with van der Waals surface area (Å²) in [5.41, 5.74) is 1.29. The third-order valence-corrected chi connectivity index (χ3v) is 2.25. The minimum Gasteiger partial charge on any atom is -0.343 e. The minimum absolute atomic E-state index is 0. The summed E-state index contributed by atoms with van der Waals surface area (Å²) in [6.45, 7) is 8.43. The van der Waals surface area contributed by atoms with Crippen LogP contribution in [-0.4, -0.2) is 0 Å². The summed E-state index contributed by atoms with van der Waals surface area (Å²) in [6.07, 6.45) is 0.957. The van der Waals surface area contributed by atoms with Crippen molar-refractivity contribution in [3.8, 4) is 0 Å². The second-order valence-electron chi connectivity index (χ2n) is 3.46. The van der Waals surface area contributed by atoms with E-state index in [1.807, 2.05) is 12.1 Å². The molecule has 1 aromatic rings. The van der Waals surface area contributed by atoms with Gasteiger partial charge in [0.05, 0.1) is 0 Å². The first kappa shape index (κ1) is 12.9. The van der Waals surface area contributed by atoms with Crippen LogP contribution in [0, 0.1) is 18.9 Å². The van der Waals surface area contributed by atoms with Crippen molar-refractivity contribution in [1.29, 1.82) is 0 Å². The van der Waals surface area contributed by atoms with Gasteiger partial charge in [-0.1, -0.05) is 19.8 Å². The minimum atomic E-state index is 0. The number of benzene rings is 1. The average molecular weight is 344 g/mol. The van der Waals surface area contributed by atoms with Gasteiger partial charge in [0.25, 0.3) is 0 Å². The Labute approximate surface area is 96.0 Å². The molecule has 13 heavy (non-hydrogen) atoms. The predicted octanol–water partition coefficient (Wildman–Crippen LogP) is 3.45. The van der Waals surface area contributed by atoms with Crippen LogP contribution in [0.5, 0.6) is 0 Å². The van der Waals surface area contributed by atoms with E-state index >= 15 is 0 Å². The van der Waals surface area contributed by atoms with Crippen molar-refractivity contribution < 1.29 is 21.1 Å². The van der Waals surface area contributed by atoms with E-state index in [0.717, 1.165) is 6.42 Å². The molecule has 0 aliphatic rings. The van der Waals surface area contributed by atoms with E-state index in [4.69, 9.17) is 0 Å². The van der Waals surface area contributed by atoms with Crippen LogP contribution in [0.2, 0.25) is 0 Å². The quantitative estimate of drug-likeness (QED) is 0.737. The Morgan fingerprint density at radius 1 is 1.38 bits per heavy atom. The molecule has 0 saturated carbocycles. The van der Waals surface area contributed by atoms with Gasteiger partial charge in [0.15, 0.2) is 0 Å². The van der Waals surface area contributed by atoms with E-state index in [0.29, 0.717) is 11.8 Å². The molecule has 0 saturated heterocycles. The Morgan fingerprint density at radius 3 is 2.46 bits per heavy atom. The Morgan fingerprint density at radius 2 is 2.08 bits per heavy atom. The van der Waals surface area contributed by atoms with E-state index in [1.165, 1.54) is 5.56 Å². The first-order chi connectivity index (χ1) is 5.75. The molecule has 0 amide bonds.